The summed E-state index contributed by atoms with van der Waals surface area (Å²) < 4.78 is 0. The molecule has 136 valence electrons. The summed E-state index contributed by atoms with van der Waals surface area (Å²) in [6.07, 6.45) is 3.46. The highest BCUT2D eigenvalue weighted by atomic mass is 35.5. The van der Waals surface area contributed by atoms with Gasteiger partial charge in [-0.1, -0.05) is 48.4 Å². The van der Waals surface area contributed by atoms with Gasteiger partial charge in [-0.3, -0.25) is 14.5 Å². The number of piperidine rings is 1. The number of nitrogens with zero attached hydrogens (tertiary/aromatic N) is 1. The van der Waals surface area contributed by atoms with Crippen LogP contribution in [0.15, 0.2) is 48.5 Å². The molecule has 2 aromatic rings. The average Bonchev–Trinajstić information content (AvgIpc) is 2.69. The first-order valence-electron chi connectivity index (χ1n) is 9.00. The van der Waals surface area contributed by atoms with Gasteiger partial charge in [-0.15, -0.1) is 0 Å². The largest absolute Gasteiger partial charge is 0.324 e. The van der Waals surface area contributed by atoms with E-state index in [0.717, 1.165) is 25.9 Å². The van der Waals surface area contributed by atoms with Gasteiger partial charge in [0.25, 0.3) is 0 Å². The van der Waals surface area contributed by atoms with Crippen molar-refractivity contribution in [1.29, 1.82) is 0 Å². The number of halogens is 1. The third kappa shape index (κ3) is 4.32. The third-order valence-corrected chi connectivity index (χ3v) is 5.07. The van der Waals surface area contributed by atoms with Gasteiger partial charge in [0.05, 0.1) is 11.7 Å². The van der Waals surface area contributed by atoms with Crippen molar-refractivity contribution in [2.75, 3.05) is 18.4 Å². The van der Waals surface area contributed by atoms with Crippen LogP contribution in [0.4, 0.5) is 5.69 Å². The summed E-state index contributed by atoms with van der Waals surface area (Å²) in [4.78, 5) is 27.8. The molecule has 1 fully saturated rings. The number of carbonyl (C=O) groups is 2. The molecule has 1 atom stereocenters. The van der Waals surface area contributed by atoms with Crippen LogP contribution in [-0.4, -0.2) is 35.7 Å². The fourth-order valence-electron chi connectivity index (χ4n) is 3.27. The Bertz CT molecular complexity index is 786. The minimum Gasteiger partial charge on any atom is -0.324 e. The van der Waals surface area contributed by atoms with E-state index in [2.05, 4.69) is 10.2 Å². The minimum atomic E-state index is -0.231. The van der Waals surface area contributed by atoms with Crippen molar-refractivity contribution < 1.29 is 9.59 Å². The van der Waals surface area contributed by atoms with Crippen LogP contribution in [0.1, 0.15) is 42.1 Å². The molecule has 0 spiro atoms. The number of hydrogen-bond acceptors (Lipinski definition) is 3. The molecule has 0 unspecified atom stereocenters. The molecule has 2 aromatic carbocycles. The van der Waals surface area contributed by atoms with E-state index >= 15 is 0 Å². The summed E-state index contributed by atoms with van der Waals surface area (Å²) in [7, 11) is 0. The van der Waals surface area contributed by atoms with E-state index in [4.69, 9.17) is 11.6 Å². The first-order valence-corrected chi connectivity index (χ1v) is 9.38. The summed E-state index contributed by atoms with van der Waals surface area (Å²) in [5, 5.41) is 3.39. The fourth-order valence-corrected chi connectivity index (χ4v) is 3.44. The summed E-state index contributed by atoms with van der Waals surface area (Å²) in [5.74, 6) is -0.259. The number of ketones is 1. The molecular formula is C21H23ClN2O2. The van der Waals surface area contributed by atoms with Gasteiger partial charge in [0.15, 0.2) is 5.78 Å². The van der Waals surface area contributed by atoms with Gasteiger partial charge in [-0.05, 0) is 51.1 Å². The molecule has 0 radical (unpaired) electrons. The van der Waals surface area contributed by atoms with Crippen LogP contribution in [0, 0.1) is 0 Å². The molecule has 5 heteroatoms. The Morgan fingerprint density at radius 2 is 1.73 bits per heavy atom. The predicted molar refractivity (Wildman–Crippen MR) is 105 cm³/mol. The number of likely N-dealkylation sites (tertiary alicyclic amines) is 1. The molecule has 1 aliphatic heterocycles. The number of hydrogen-bond donors (Lipinski definition) is 1. The average molecular weight is 371 g/mol. The summed E-state index contributed by atoms with van der Waals surface area (Å²) in [5.41, 5.74) is 1.47. The normalized spacial score (nSPS) is 16.1. The van der Waals surface area contributed by atoms with E-state index in [1.807, 2.05) is 25.1 Å². The summed E-state index contributed by atoms with van der Waals surface area (Å²) in [6.45, 7) is 3.78. The highest BCUT2D eigenvalue weighted by Gasteiger charge is 2.24. The molecule has 0 aromatic heterocycles. The van der Waals surface area contributed by atoms with Crippen LogP contribution in [0.5, 0.6) is 0 Å². The molecule has 0 aliphatic carbocycles. The second-order valence-electron chi connectivity index (χ2n) is 6.65. The van der Waals surface area contributed by atoms with Crippen molar-refractivity contribution >= 4 is 29.0 Å². The number of anilines is 1. The van der Waals surface area contributed by atoms with Gasteiger partial charge < -0.3 is 5.32 Å². The van der Waals surface area contributed by atoms with Crippen LogP contribution in [-0.2, 0) is 4.79 Å². The van der Waals surface area contributed by atoms with Crippen LogP contribution in [0.3, 0.4) is 0 Å². The smallest absolute Gasteiger partial charge is 0.241 e. The maximum Gasteiger partial charge on any atom is 0.241 e. The Kier molecular flexibility index (Phi) is 6.07. The zero-order valence-electron chi connectivity index (χ0n) is 14.9. The van der Waals surface area contributed by atoms with Crippen LogP contribution in [0.2, 0.25) is 5.02 Å². The molecular weight excluding hydrogens is 348 g/mol. The Balaban J connectivity index is 1.81. The fraction of sp³-hybridized carbons (Fsp3) is 0.333. The third-order valence-electron chi connectivity index (χ3n) is 4.84. The topological polar surface area (TPSA) is 49.4 Å². The van der Waals surface area contributed by atoms with E-state index in [1.54, 1.807) is 30.3 Å². The van der Waals surface area contributed by atoms with Crippen LogP contribution >= 0.6 is 11.6 Å². The summed E-state index contributed by atoms with van der Waals surface area (Å²) in [6, 6.07) is 13.8. The van der Waals surface area contributed by atoms with Gasteiger partial charge in [0.2, 0.25) is 5.91 Å². The van der Waals surface area contributed by atoms with Crippen LogP contribution in [0.25, 0.3) is 0 Å². The van der Waals surface area contributed by atoms with Crippen molar-refractivity contribution in [1.82, 2.24) is 4.90 Å². The molecule has 0 saturated carbocycles. The molecule has 1 heterocycles. The van der Waals surface area contributed by atoms with Gasteiger partial charge in [0.1, 0.15) is 0 Å². The Morgan fingerprint density at radius 3 is 2.42 bits per heavy atom. The maximum atomic E-state index is 12.9. The van der Waals surface area contributed by atoms with E-state index in [9.17, 15) is 9.59 Å². The van der Waals surface area contributed by atoms with E-state index in [-0.39, 0.29) is 17.7 Å². The summed E-state index contributed by atoms with van der Waals surface area (Å²) >= 11 is 6.10. The van der Waals surface area contributed by atoms with Crippen molar-refractivity contribution in [2.45, 2.75) is 32.2 Å². The molecule has 1 N–H and O–H groups in total. The monoisotopic (exact) mass is 370 g/mol. The van der Waals surface area contributed by atoms with Gasteiger partial charge in [-0.25, -0.2) is 0 Å². The minimum absolute atomic E-state index is 0.101. The second kappa shape index (κ2) is 8.47. The number of benzene rings is 2. The zero-order valence-corrected chi connectivity index (χ0v) is 15.6. The zero-order chi connectivity index (χ0) is 18.5. The second-order valence-corrected chi connectivity index (χ2v) is 7.08. The number of nitrogens with one attached hydrogen (secondary N) is 1. The standard InChI is InChI=1S/C21H23ClN2O2/c1-15(24-12-6-3-7-13-24)21(26)23-19-11-10-17(22)14-18(19)20(25)16-8-4-2-5-9-16/h2,4-5,8-11,14-15H,3,6-7,12-13H2,1H3,(H,23,26)/t15-/m1/s1. The van der Waals surface area contributed by atoms with Gasteiger partial charge in [0, 0.05) is 16.1 Å². The number of carbonyl (C=O) groups excluding carboxylic acids is 2. The van der Waals surface area contributed by atoms with Gasteiger partial charge in [-0.2, -0.15) is 0 Å². The van der Waals surface area contributed by atoms with Crippen LogP contribution < -0.4 is 5.32 Å². The molecule has 0 bridgehead atoms. The molecule has 1 aliphatic rings. The Labute approximate surface area is 159 Å². The van der Waals surface area contributed by atoms with Gasteiger partial charge >= 0.3 is 0 Å². The van der Waals surface area contributed by atoms with Crippen molar-refractivity contribution in [3.05, 3.63) is 64.7 Å². The number of rotatable bonds is 5. The highest BCUT2D eigenvalue weighted by molar-refractivity contribution is 6.31. The lowest BCUT2D eigenvalue weighted by Crippen LogP contribution is -2.44. The van der Waals surface area contributed by atoms with Crippen molar-refractivity contribution in [3.63, 3.8) is 0 Å². The highest BCUT2D eigenvalue weighted by Crippen LogP contribution is 2.24. The lowest BCUT2D eigenvalue weighted by molar-refractivity contribution is -0.121. The lowest BCUT2D eigenvalue weighted by Gasteiger charge is -2.31. The molecule has 3 rings (SSSR count). The van der Waals surface area contributed by atoms with Crippen molar-refractivity contribution in [3.8, 4) is 0 Å². The first kappa shape index (κ1) is 18.6. The van der Waals surface area contributed by atoms with E-state index < -0.39 is 0 Å². The lowest BCUT2D eigenvalue weighted by atomic mass is 10.0. The molecule has 1 saturated heterocycles. The van der Waals surface area contributed by atoms with Crippen molar-refractivity contribution in [2.24, 2.45) is 0 Å². The quantitative estimate of drug-likeness (QED) is 0.794. The Hall–Kier alpha value is -2.17. The number of amides is 1. The first-order chi connectivity index (χ1) is 12.6. The Morgan fingerprint density at radius 1 is 1.04 bits per heavy atom. The predicted octanol–water partition coefficient (Wildman–Crippen LogP) is 4.38. The maximum absolute atomic E-state index is 12.9. The molecule has 26 heavy (non-hydrogen) atoms. The molecule has 1 amide bonds. The van der Waals surface area contributed by atoms with E-state index in [0.29, 0.717) is 21.8 Å². The SMILES string of the molecule is C[C@H](C(=O)Nc1ccc(Cl)cc1C(=O)c1ccccc1)N1CCCCC1. The van der Waals surface area contributed by atoms with E-state index in [1.165, 1.54) is 6.42 Å². The molecule has 4 nitrogen and oxygen atoms in total.